The lowest BCUT2D eigenvalue weighted by Gasteiger charge is -2.27. The number of rotatable bonds is 9. The van der Waals surface area contributed by atoms with E-state index in [0.29, 0.717) is 35.9 Å². The van der Waals surface area contributed by atoms with Crippen molar-refractivity contribution in [2.24, 2.45) is 0 Å². The van der Waals surface area contributed by atoms with Crippen LogP contribution in [0, 0.1) is 0 Å². The third-order valence-corrected chi connectivity index (χ3v) is 10.6. The van der Waals surface area contributed by atoms with Crippen LogP contribution < -0.4 is 15.5 Å². The van der Waals surface area contributed by atoms with E-state index in [9.17, 15) is 18.0 Å². The van der Waals surface area contributed by atoms with Crippen LogP contribution in [-0.2, 0) is 16.6 Å². The minimum atomic E-state index is -3.66. The zero-order valence-electron chi connectivity index (χ0n) is 25.6. The first kappa shape index (κ1) is 31.4. The quantitative estimate of drug-likeness (QED) is 0.205. The Morgan fingerprint density at radius 3 is 2.28 bits per heavy atom. The summed E-state index contributed by atoms with van der Waals surface area (Å²) in [5.41, 5.74) is 3.56. The number of hydrogen-bond acceptors (Lipinski definition) is 7. The molecule has 12 nitrogen and oxygen atoms in total. The summed E-state index contributed by atoms with van der Waals surface area (Å²) in [4.78, 5) is 28.2. The van der Waals surface area contributed by atoms with Crippen LogP contribution in [0.4, 0.5) is 22.1 Å². The second-order valence-electron chi connectivity index (χ2n) is 11.8. The zero-order chi connectivity index (χ0) is 31.9. The van der Waals surface area contributed by atoms with Gasteiger partial charge >= 0.3 is 6.03 Å². The molecule has 1 aromatic heterocycles. The topological polar surface area (TPSA) is 153 Å². The van der Waals surface area contributed by atoms with Gasteiger partial charge in [-0.2, -0.15) is 9.52 Å². The molecular formula is C33H38N8O4S. The van der Waals surface area contributed by atoms with Crippen molar-refractivity contribution in [3.63, 3.8) is 0 Å². The molecule has 0 bridgehead atoms. The van der Waals surface area contributed by atoms with Crippen molar-refractivity contribution >= 4 is 39.3 Å². The summed E-state index contributed by atoms with van der Waals surface area (Å²) in [6.45, 7) is 1.22. The fourth-order valence-electron chi connectivity index (χ4n) is 6.15. The average molecular weight is 643 g/mol. The molecule has 3 N–H and O–H groups in total. The maximum absolute atomic E-state index is 13.9. The summed E-state index contributed by atoms with van der Waals surface area (Å²) in [6.07, 6.45) is 8.80. The number of nitrogens with zero attached hydrogens (tertiary/aromatic N) is 5. The Balaban J connectivity index is 1.22. The summed E-state index contributed by atoms with van der Waals surface area (Å²) in [7, 11) is -3.66. The van der Waals surface area contributed by atoms with E-state index in [0.717, 1.165) is 24.8 Å². The molecule has 240 valence electrons. The summed E-state index contributed by atoms with van der Waals surface area (Å²) < 4.78 is 28.1. The SMILES string of the molecule is O=C(Nc1nn[nH]n1)c1ccc(CN(C(=O)Nc2cccc(S(=O)(=O)N3CCCCC3)c2)c2ccc(C3CCCCC3)cc2)cc1. The van der Waals surface area contributed by atoms with Crippen LogP contribution in [-0.4, -0.2) is 58.4 Å². The number of urea groups is 1. The maximum Gasteiger partial charge on any atom is 0.326 e. The van der Waals surface area contributed by atoms with Gasteiger partial charge in [-0.25, -0.2) is 13.2 Å². The molecule has 3 aromatic carbocycles. The minimum Gasteiger partial charge on any atom is -0.307 e. The second kappa shape index (κ2) is 14.2. The number of amides is 3. The molecule has 0 spiro atoms. The highest BCUT2D eigenvalue weighted by Crippen LogP contribution is 2.34. The van der Waals surface area contributed by atoms with E-state index in [1.54, 1.807) is 47.4 Å². The lowest BCUT2D eigenvalue weighted by molar-refractivity contribution is 0.102. The van der Waals surface area contributed by atoms with E-state index < -0.39 is 16.1 Å². The van der Waals surface area contributed by atoms with Crippen molar-refractivity contribution in [3.05, 3.63) is 89.5 Å². The number of benzene rings is 3. The Bertz CT molecular complexity index is 1730. The van der Waals surface area contributed by atoms with Crippen molar-refractivity contribution in [3.8, 4) is 0 Å². The molecule has 1 saturated heterocycles. The molecule has 46 heavy (non-hydrogen) atoms. The summed E-state index contributed by atoms with van der Waals surface area (Å²) in [5.74, 6) is 0.211. The first-order valence-corrected chi connectivity index (χ1v) is 17.2. The highest BCUT2D eigenvalue weighted by atomic mass is 32.2. The van der Waals surface area contributed by atoms with E-state index in [-0.39, 0.29) is 23.3 Å². The summed E-state index contributed by atoms with van der Waals surface area (Å²) in [6, 6.07) is 21.1. The largest absolute Gasteiger partial charge is 0.326 e. The van der Waals surface area contributed by atoms with Crippen molar-refractivity contribution < 1.29 is 18.0 Å². The molecule has 0 atom stereocenters. The van der Waals surface area contributed by atoms with Gasteiger partial charge in [-0.05, 0) is 90.4 Å². The summed E-state index contributed by atoms with van der Waals surface area (Å²) >= 11 is 0. The normalized spacial score (nSPS) is 16.1. The highest BCUT2D eigenvalue weighted by Gasteiger charge is 2.27. The number of carbonyl (C=O) groups excluding carboxylic acids is 2. The molecule has 1 aliphatic carbocycles. The highest BCUT2D eigenvalue weighted by molar-refractivity contribution is 7.89. The number of aromatic nitrogens is 4. The Kier molecular flexibility index (Phi) is 9.69. The van der Waals surface area contributed by atoms with Gasteiger partial charge in [-0.15, -0.1) is 5.10 Å². The Labute approximate surface area is 268 Å². The number of nitrogens with one attached hydrogen (secondary N) is 3. The Morgan fingerprint density at radius 1 is 0.870 bits per heavy atom. The predicted molar refractivity (Wildman–Crippen MR) is 175 cm³/mol. The van der Waals surface area contributed by atoms with Crippen molar-refractivity contribution in [2.75, 3.05) is 28.6 Å². The van der Waals surface area contributed by atoms with E-state index in [1.807, 2.05) is 12.1 Å². The third kappa shape index (κ3) is 7.43. The number of sulfonamides is 1. The smallest absolute Gasteiger partial charge is 0.307 e. The number of piperidine rings is 1. The number of tetrazole rings is 1. The predicted octanol–water partition coefficient (Wildman–Crippen LogP) is 5.91. The molecule has 2 heterocycles. The molecule has 4 aromatic rings. The van der Waals surface area contributed by atoms with E-state index in [2.05, 4.69) is 43.4 Å². The van der Waals surface area contributed by atoms with Gasteiger partial charge in [0.1, 0.15) is 0 Å². The number of aromatic amines is 1. The van der Waals surface area contributed by atoms with Gasteiger partial charge in [-0.3, -0.25) is 15.0 Å². The third-order valence-electron chi connectivity index (χ3n) is 8.69. The fraction of sp³-hybridized carbons (Fsp3) is 0.364. The molecule has 6 rings (SSSR count). The van der Waals surface area contributed by atoms with Crippen LogP contribution in [0.1, 0.15) is 78.8 Å². The van der Waals surface area contributed by atoms with Crippen LogP contribution in [0.15, 0.2) is 77.7 Å². The fourth-order valence-corrected chi connectivity index (χ4v) is 7.72. The van der Waals surface area contributed by atoms with Gasteiger partial charge in [0.2, 0.25) is 10.0 Å². The van der Waals surface area contributed by atoms with E-state index >= 15 is 0 Å². The first-order chi connectivity index (χ1) is 22.4. The Morgan fingerprint density at radius 2 is 1.59 bits per heavy atom. The van der Waals surface area contributed by atoms with Crippen molar-refractivity contribution in [2.45, 2.75) is 68.7 Å². The van der Waals surface area contributed by atoms with Crippen LogP contribution in [0.2, 0.25) is 0 Å². The van der Waals surface area contributed by atoms with E-state index in [4.69, 9.17) is 0 Å². The molecular weight excluding hydrogens is 604 g/mol. The van der Waals surface area contributed by atoms with Crippen molar-refractivity contribution in [1.29, 1.82) is 0 Å². The lowest BCUT2D eigenvalue weighted by Crippen LogP contribution is -2.36. The number of carbonyl (C=O) groups is 2. The first-order valence-electron chi connectivity index (χ1n) is 15.8. The summed E-state index contributed by atoms with van der Waals surface area (Å²) in [5, 5.41) is 18.7. The minimum absolute atomic E-state index is 0.0707. The van der Waals surface area contributed by atoms with Crippen LogP contribution in [0.3, 0.4) is 0 Å². The van der Waals surface area contributed by atoms with Gasteiger partial charge in [0, 0.05) is 30.0 Å². The van der Waals surface area contributed by atoms with Gasteiger partial charge in [0.25, 0.3) is 11.9 Å². The van der Waals surface area contributed by atoms with Crippen LogP contribution >= 0.6 is 0 Å². The van der Waals surface area contributed by atoms with Crippen LogP contribution in [0.25, 0.3) is 0 Å². The van der Waals surface area contributed by atoms with Gasteiger partial charge in [0.05, 0.1) is 11.4 Å². The van der Waals surface area contributed by atoms with E-state index in [1.165, 1.54) is 48.0 Å². The monoisotopic (exact) mass is 642 g/mol. The molecule has 13 heteroatoms. The standard InChI is InChI=1S/C33H38N8O4S/c42-31(35-32-36-38-39-37-32)27-14-12-24(13-15-27)23-41(29-18-16-26(17-19-29)25-8-3-1-4-9-25)33(43)34-28-10-7-11-30(22-28)46(44,45)40-20-5-2-6-21-40/h7,10-19,22,25H,1-6,8-9,20-21,23H2,(H,34,43)(H2,35,36,37,38,39,42). The average Bonchev–Trinajstić information content (AvgIpc) is 3.61. The molecule has 0 radical (unpaired) electrons. The molecule has 2 fully saturated rings. The van der Waals surface area contributed by atoms with Crippen molar-refractivity contribution in [1.82, 2.24) is 24.9 Å². The van der Waals surface area contributed by atoms with Gasteiger partial charge in [-0.1, -0.05) is 61.1 Å². The second-order valence-corrected chi connectivity index (χ2v) is 13.8. The Hall–Kier alpha value is -4.62. The van der Waals surface area contributed by atoms with Gasteiger partial charge in [0.15, 0.2) is 0 Å². The zero-order valence-corrected chi connectivity index (χ0v) is 26.4. The van der Waals surface area contributed by atoms with Crippen LogP contribution in [0.5, 0.6) is 0 Å². The molecule has 2 aliphatic rings. The molecule has 0 unspecified atom stereocenters. The number of anilines is 3. The maximum atomic E-state index is 13.9. The van der Waals surface area contributed by atoms with Gasteiger partial charge < -0.3 is 5.32 Å². The molecule has 1 aliphatic heterocycles. The number of H-pyrrole nitrogens is 1. The number of hydrogen-bond donors (Lipinski definition) is 3. The molecule has 1 saturated carbocycles. The lowest BCUT2D eigenvalue weighted by atomic mass is 9.84. The molecule has 3 amide bonds.